The Labute approximate surface area is 392 Å². The van der Waals surface area contributed by atoms with Gasteiger partial charge in [0.15, 0.2) is 0 Å². The molecule has 0 radical (unpaired) electrons. The molecule has 0 rings (SSSR count). The average molecular weight is 889 g/mol. The Bertz CT molecular complexity index is 982. The van der Waals surface area contributed by atoms with Crippen LogP contribution in [0.1, 0.15) is 303 Å². The normalized spacial score (nSPS) is 12.8. The minimum Gasteiger partial charge on any atom is -0.466 e. The molecule has 0 aromatic carbocycles. The van der Waals surface area contributed by atoms with Crippen molar-refractivity contribution in [1.82, 2.24) is 5.32 Å². The first-order valence-corrected chi connectivity index (χ1v) is 28.1. The highest BCUT2D eigenvalue weighted by molar-refractivity contribution is 5.76. The highest BCUT2D eigenvalue weighted by Crippen LogP contribution is 2.17. The quantitative estimate of drug-likeness (QED) is 0.0321. The Morgan fingerprint density at radius 3 is 1.14 bits per heavy atom. The fraction of sp³-hybridized carbons (Fsp3) is 0.895. The number of nitrogens with one attached hydrogen (secondary N) is 1. The lowest BCUT2D eigenvalue weighted by molar-refractivity contribution is -0.143. The van der Waals surface area contributed by atoms with Crippen LogP contribution in [0.2, 0.25) is 0 Å². The van der Waals surface area contributed by atoms with Crippen LogP contribution in [-0.2, 0) is 14.3 Å². The molecule has 0 saturated heterocycles. The summed E-state index contributed by atoms with van der Waals surface area (Å²) in [5, 5.41) is 23.1. The third-order valence-electron chi connectivity index (χ3n) is 13.0. The zero-order valence-corrected chi connectivity index (χ0v) is 42.3. The van der Waals surface area contributed by atoms with Crippen molar-refractivity contribution in [3.8, 4) is 0 Å². The summed E-state index contributed by atoms with van der Waals surface area (Å²) in [6.45, 7) is 4.88. The smallest absolute Gasteiger partial charge is 0.305 e. The van der Waals surface area contributed by atoms with Crippen molar-refractivity contribution in [2.45, 2.75) is 315 Å². The van der Waals surface area contributed by atoms with Gasteiger partial charge >= 0.3 is 5.97 Å². The van der Waals surface area contributed by atoms with Gasteiger partial charge in [0.2, 0.25) is 5.91 Å². The molecule has 0 fully saturated rings. The SMILES string of the molecule is CCCCCC/C=C\CCCCCCCC(=O)OCCCCCCCCCCCCCCCCCCCCCCC(=O)NC(CO)C(O)/C=C/CCCCCCCCCCCCC. The lowest BCUT2D eigenvalue weighted by atomic mass is 10.0. The molecule has 0 saturated carbocycles. The monoisotopic (exact) mass is 888 g/mol. The van der Waals surface area contributed by atoms with Gasteiger partial charge in [-0.25, -0.2) is 0 Å². The first-order chi connectivity index (χ1) is 31.0. The molecule has 2 atom stereocenters. The molecule has 0 aromatic heterocycles. The van der Waals surface area contributed by atoms with E-state index < -0.39 is 12.1 Å². The average Bonchev–Trinajstić information content (AvgIpc) is 3.28. The predicted octanol–water partition coefficient (Wildman–Crippen LogP) is 17.1. The second-order valence-corrected chi connectivity index (χ2v) is 19.3. The number of carbonyl (C=O) groups excluding carboxylic acids is 2. The molecular weight excluding hydrogens is 779 g/mol. The van der Waals surface area contributed by atoms with Gasteiger partial charge in [0.05, 0.1) is 25.4 Å². The fourth-order valence-electron chi connectivity index (χ4n) is 8.63. The Morgan fingerprint density at radius 2 is 0.746 bits per heavy atom. The number of allylic oxidation sites excluding steroid dienone is 3. The topological polar surface area (TPSA) is 95.9 Å². The van der Waals surface area contributed by atoms with Crippen LogP contribution < -0.4 is 5.32 Å². The van der Waals surface area contributed by atoms with Gasteiger partial charge in [-0.2, -0.15) is 0 Å². The van der Waals surface area contributed by atoms with Crippen LogP contribution in [0, 0.1) is 0 Å². The maximum Gasteiger partial charge on any atom is 0.305 e. The third-order valence-corrected chi connectivity index (χ3v) is 13.0. The molecule has 0 aromatic rings. The summed E-state index contributed by atoms with van der Waals surface area (Å²) in [5.74, 6) is -0.0692. The van der Waals surface area contributed by atoms with E-state index in [-0.39, 0.29) is 18.5 Å². The lowest BCUT2D eigenvalue weighted by Crippen LogP contribution is -2.45. The summed E-state index contributed by atoms with van der Waals surface area (Å²) < 4.78 is 5.46. The van der Waals surface area contributed by atoms with E-state index in [1.54, 1.807) is 6.08 Å². The zero-order valence-electron chi connectivity index (χ0n) is 42.3. The van der Waals surface area contributed by atoms with Gasteiger partial charge in [0.1, 0.15) is 0 Å². The van der Waals surface area contributed by atoms with Gasteiger partial charge in [0, 0.05) is 12.8 Å². The molecule has 6 nitrogen and oxygen atoms in total. The van der Waals surface area contributed by atoms with Crippen molar-refractivity contribution in [3.05, 3.63) is 24.3 Å². The number of hydrogen-bond donors (Lipinski definition) is 3. The van der Waals surface area contributed by atoms with Gasteiger partial charge in [-0.1, -0.05) is 256 Å². The van der Waals surface area contributed by atoms with Crippen molar-refractivity contribution in [2.24, 2.45) is 0 Å². The molecule has 0 aliphatic heterocycles. The molecule has 0 aliphatic carbocycles. The number of carbonyl (C=O) groups is 2. The summed E-state index contributed by atoms with van der Waals surface area (Å²) in [5.41, 5.74) is 0. The number of amides is 1. The molecule has 2 unspecified atom stereocenters. The minimum atomic E-state index is -0.844. The van der Waals surface area contributed by atoms with E-state index in [4.69, 9.17) is 4.74 Å². The van der Waals surface area contributed by atoms with Crippen molar-refractivity contribution in [3.63, 3.8) is 0 Å². The number of aliphatic hydroxyl groups is 2. The maximum atomic E-state index is 12.4. The van der Waals surface area contributed by atoms with Crippen LogP contribution in [0.15, 0.2) is 24.3 Å². The molecule has 1 amide bonds. The van der Waals surface area contributed by atoms with E-state index in [1.807, 2.05) is 6.08 Å². The summed E-state index contributed by atoms with van der Waals surface area (Å²) in [6, 6.07) is -0.628. The molecule has 0 heterocycles. The lowest BCUT2D eigenvalue weighted by Gasteiger charge is -2.20. The molecule has 372 valence electrons. The van der Waals surface area contributed by atoms with E-state index in [2.05, 4.69) is 31.3 Å². The van der Waals surface area contributed by atoms with Crippen molar-refractivity contribution >= 4 is 11.9 Å². The molecule has 3 N–H and O–H groups in total. The van der Waals surface area contributed by atoms with Gasteiger partial charge in [-0.15, -0.1) is 0 Å². The molecular formula is C57H109NO5. The maximum absolute atomic E-state index is 12.4. The first-order valence-electron chi connectivity index (χ1n) is 28.1. The van der Waals surface area contributed by atoms with Crippen LogP contribution >= 0.6 is 0 Å². The second kappa shape index (κ2) is 53.0. The van der Waals surface area contributed by atoms with E-state index in [9.17, 15) is 19.8 Å². The van der Waals surface area contributed by atoms with Crippen molar-refractivity contribution < 1.29 is 24.5 Å². The van der Waals surface area contributed by atoms with Crippen molar-refractivity contribution in [1.29, 1.82) is 0 Å². The van der Waals surface area contributed by atoms with E-state index in [0.717, 1.165) is 44.9 Å². The van der Waals surface area contributed by atoms with E-state index in [0.29, 0.717) is 19.4 Å². The van der Waals surface area contributed by atoms with Gasteiger partial charge in [-0.3, -0.25) is 9.59 Å². The first kappa shape index (κ1) is 61.3. The second-order valence-electron chi connectivity index (χ2n) is 19.3. The summed E-state index contributed by atoms with van der Waals surface area (Å²) in [4.78, 5) is 24.4. The Kier molecular flexibility index (Phi) is 51.6. The van der Waals surface area contributed by atoms with Crippen molar-refractivity contribution in [2.75, 3.05) is 13.2 Å². The Hall–Kier alpha value is -1.66. The molecule has 63 heavy (non-hydrogen) atoms. The number of unbranched alkanes of at least 4 members (excludes halogenated alkanes) is 39. The van der Waals surface area contributed by atoms with Crippen LogP contribution in [0.25, 0.3) is 0 Å². The molecule has 0 bridgehead atoms. The minimum absolute atomic E-state index is 0.000549. The number of hydrogen-bond acceptors (Lipinski definition) is 5. The summed E-state index contributed by atoms with van der Waals surface area (Å²) in [7, 11) is 0. The number of ether oxygens (including phenoxy) is 1. The van der Waals surface area contributed by atoms with Crippen LogP contribution in [0.5, 0.6) is 0 Å². The highest BCUT2D eigenvalue weighted by Gasteiger charge is 2.18. The van der Waals surface area contributed by atoms with Crippen LogP contribution in [-0.4, -0.2) is 47.4 Å². The number of esters is 1. The zero-order chi connectivity index (χ0) is 45.8. The van der Waals surface area contributed by atoms with Crippen LogP contribution in [0.4, 0.5) is 0 Å². The summed E-state index contributed by atoms with van der Waals surface area (Å²) >= 11 is 0. The Morgan fingerprint density at radius 1 is 0.429 bits per heavy atom. The van der Waals surface area contributed by atoms with Gasteiger partial charge in [-0.05, 0) is 57.8 Å². The molecule has 0 aliphatic rings. The standard InChI is InChI=1S/C57H109NO5/c1-3-5-7-9-11-13-15-25-29-33-37-41-45-49-55(60)54(53-59)58-56(61)50-46-42-38-34-30-27-23-21-19-17-18-20-22-24-28-32-36-40-44-48-52-63-57(62)51-47-43-39-35-31-26-16-14-12-10-8-6-4-2/h14,16,45,49,54-55,59-60H,3-13,15,17-44,46-48,50-53H2,1-2H3,(H,58,61)/b16-14-,49-45+. The van der Waals surface area contributed by atoms with E-state index in [1.165, 1.54) is 231 Å². The number of aliphatic hydroxyl groups excluding tert-OH is 2. The van der Waals surface area contributed by atoms with Gasteiger partial charge < -0.3 is 20.3 Å². The largest absolute Gasteiger partial charge is 0.466 e. The molecule has 0 spiro atoms. The third kappa shape index (κ3) is 49.6. The number of rotatable bonds is 52. The van der Waals surface area contributed by atoms with Gasteiger partial charge in [0.25, 0.3) is 0 Å². The Balaban J connectivity index is 3.41. The predicted molar refractivity (Wildman–Crippen MR) is 273 cm³/mol. The van der Waals surface area contributed by atoms with Crippen LogP contribution in [0.3, 0.4) is 0 Å². The van der Waals surface area contributed by atoms with E-state index >= 15 is 0 Å². The fourth-order valence-corrected chi connectivity index (χ4v) is 8.63. The highest BCUT2D eigenvalue weighted by atomic mass is 16.5. The molecule has 6 heteroatoms. The summed E-state index contributed by atoms with van der Waals surface area (Å²) in [6.07, 6.45) is 63.4.